The van der Waals surface area contributed by atoms with Crippen molar-refractivity contribution < 1.29 is 24.1 Å². The molecule has 1 heterocycles. The Balaban J connectivity index is 0.00000108. The van der Waals surface area contributed by atoms with E-state index < -0.39 is 0 Å². The summed E-state index contributed by atoms with van der Waals surface area (Å²) in [6, 6.07) is 9.32. The molecule has 0 unspecified atom stereocenters. The van der Waals surface area contributed by atoms with Gasteiger partial charge in [0.2, 0.25) is 0 Å². The summed E-state index contributed by atoms with van der Waals surface area (Å²) in [5.74, 6) is 1.02. The lowest BCUT2D eigenvalue weighted by molar-refractivity contribution is 0.112. The number of hydrogen-bond donors (Lipinski definition) is 1. The maximum absolute atomic E-state index is 8.07. The molecule has 1 N–H and O–H groups in total. The molecule has 0 fully saturated rings. The second-order valence-corrected chi connectivity index (χ2v) is 11.8. The zero-order chi connectivity index (χ0) is 30.1. The minimum atomic E-state index is -0.174. The summed E-state index contributed by atoms with van der Waals surface area (Å²) in [6.45, 7) is 20.8. The third-order valence-corrected chi connectivity index (χ3v) is 7.89. The highest BCUT2D eigenvalue weighted by Gasteiger charge is 2.29. The van der Waals surface area contributed by atoms with Crippen molar-refractivity contribution in [1.29, 1.82) is 0 Å². The summed E-state index contributed by atoms with van der Waals surface area (Å²) in [5, 5.41) is 8.07. The van der Waals surface area contributed by atoms with Gasteiger partial charge in [0.25, 0.3) is 0 Å². The summed E-state index contributed by atoms with van der Waals surface area (Å²) < 4.78 is 23.9. The monoisotopic (exact) mass is 570 g/mol. The predicted octanol–water partition coefficient (Wildman–Crippen LogP) is 8.94. The van der Waals surface area contributed by atoms with Gasteiger partial charge < -0.3 is 24.1 Å². The van der Waals surface area contributed by atoms with E-state index in [1.54, 1.807) is 0 Å². The molecule has 0 aliphatic carbocycles. The summed E-state index contributed by atoms with van der Waals surface area (Å²) in [4.78, 5) is 0. The molecule has 1 aliphatic heterocycles. The van der Waals surface area contributed by atoms with Crippen LogP contribution in [-0.4, -0.2) is 31.5 Å². The molecule has 2 aromatic rings. The van der Waals surface area contributed by atoms with Crippen molar-refractivity contribution in [3.8, 4) is 5.75 Å². The molecule has 0 bridgehead atoms. The van der Waals surface area contributed by atoms with E-state index in [9.17, 15) is 0 Å². The molecule has 0 spiro atoms. The van der Waals surface area contributed by atoms with Gasteiger partial charge in [0, 0.05) is 43.0 Å². The van der Waals surface area contributed by atoms with Gasteiger partial charge in [-0.1, -0.05) is 79.4 Å². The first-order valence-electron chi connectivity index (χ1n) is 16.1. The summed E-state index contributed by atoms with van der Waals surface area (Å²) >= 11 is 0. The Hall–Kier alpha value is -1.92. The maximum atomic E-state index is 8.07. The first kappa shape index (κ1) is 35.3. The number of ether oxygens (including phenoxy) is 4. The van der Waals surface area contributed by atoms with Crippen molar-refractivity contribution in [2.75, 3.05) is 26.4 Å². The van der Waals surface area contributed by atoms with Crippen LogP contribution in [0.1, 0.15) is 132 Å². The van der Waals surface area contributed by atoms with Crippen LogP contribution in [-0.2, 0) is 46.1 Å². The van der Waals surface area contributed by atoms with E-state index in [-0.39, 0.29) is 5.41 Å². The maximum Gasteiger partial charge on any atom is 0.131 e. The highest BCUT2D eigenvalue weighted by atomic mass is 16.5. The molecule has 0 atom stereocenters. The molecule has 41 heavy (non-hydrogen) atoms. The molecular weight excluding hydrogens is 512 g/mol. The largest absolute Gasteiger partial charge is 0.488 e. The van der Waals surface area contributed by atoms with Crippen molar-refractivity contribution in [2.45, 2.75) is 132 Å². The van der Waals surface area contributed by atoms with Gasteiger partial charge in [0.1, 0.15) is 12.4 Å². The van der Waals surface area contributed by atoms with Gasteiger partial charge in [-0.3, -0.25) is 0 Å². The van der Waals surface area contributed by atoms with Crippen LogP contribution in [0.3, 0.4) is 0 Å². The zero-order valence-corrected chi connectivity index (χ0v) is 27.2. The average molecular weight is 571 g/mol. The van der Waals surface area contributed by atoms with Crippen molar-refractivity contribution in [1.82, 2.24) is 0 Å². The lowest BCUT2D eigenvalue weighted by Crippen LogP contribution is -2.23. The fraction of sp³-hybridized carbons (Fsp3) is 0.667. The molecule has 0 saturated carbocycles. The van der Waals surface area contributed by atoms with Gasteiger partial charge >= 0.3 is 0 Å². The third-order valence-electron chi connectivity index (χ3n) is 7.89. The van der Waals surface area contributed by atoms with E-state index in [4.69, 9.17) is 24.1 Å². The number of unbranched alkanes of at least 4 members (excludes halogenated alkanes) is 4. The number of aliphatic hydroxyl groups excluding tert-OH is 1. The minimum Gasteiger partial charge on any atom is -0.488 e. The second kappa shape index (κ2) is 19.3. The van der Waals surface area contributed by atoms with E-state index >= 15 is 0 Å². The topological polar surface area (TPSA) is 57.2 Å². The Morgan fingerprint density at radius 3 is 1.51 bits per heavy atom. The van der Waals surface area contributed by atoms with E-state index in [2.05, 4.69) is 72.7 Å². The van der Waals surface area contributed by atoms with Crippen LogP contribution in [0, 0.1) is 6.92 Å². The number of rotatable bonds is 19. The second-order valence-electron chi connectivity index (χ2n) is 11.8. The molecule has 0 aromatic heterocycles. The van der Waals surface area contributed by atoms with Crippen molar-refractivity contribution in [2.24, 2.45) is 0 Å². The molecule has 5 heteroatoms. The lowest BCUT2D eigenvalue weighted by atomic mass is 9.75. The summed E-state index contributed by atoms with van der Waals surface area (Å²) in [6.07, 6.45) is 8.75. The summed E-state index contributed by atoms with van der Waals surface area (Å²) in [5.41, 5.74) is 8.70. The van der Waals surface area contributed by atoms with Crippen LogP contribution in [0.4, 0.5) is 0 Å². The fourth-order valence-corrected chi connectivity index (χ4v) is 4.70. The van der Waals surface area contributed by atoms with Crippen LogP contribution < -0.4 is 4.74 Å². The number of benzene rings is 2. The molecule has 0 saturated heterocycles. The molecule has 1 aliphatic rings. The van der Waals surface area contributed by atoms with Crippen LogP contribution in [0.5, 0.6) is 5.75 Å². The van der Waals surface area contributed by atoms with Gasteiger partial charge in [0.05, 0.1) is 19.8 Å². The highest BCUT2D eigenvalue weighted by molar-refractivity contribution is 5.53. The normalized spacial score (nSPS) is 12.3. The third kappa shape index (κ3) is 11.0. The van der Waals surface area contributed by atoms with Crippen LogP contribution in [0.2, 0.25) is 0 Å². The van der Waals surface area contributed by atoms with E-state index in [0.717, 1.165) is 82.5 Å². The lowest BCUT2D eigenvalue weighted by Gasteiger charge is -2.32. The van der Waals surface area contributed by atoms with Crippen LogP contribution >= 0.6 is 0 Å². The quantitative estimate of drug-likeness (QED) is 0.171. The van der Waals surface area contributed by atoms with Crippen molar-refractivity contribution in [3.63, 3.8) is 0 Å². The number of hydrogen-bond acceptors (Lipinski definition) is 5. The minimum absolute atomic E-state index is 0.174. The van der Waals surface area contributed by atoms with E-state index in [0.29, 0.717) is 33.0 Å². The zero-order valence-electron chi connectivity index (χ0n) is 27.2. The Kier molecular flexibility index (Phi) is 16.6. The van der Waals surface area contributed by atoms with Gasteiger partial charge in [0.15, 0.2) is 0 Å². The molecule has 5 nitrogen and oxygen atoms in total. The fourth-order valence-electron chi connectivity index (χ4n) is 4.70. The van der Waals surface area contributed by atoms with Gasteiger partial charge in [-0.05, 0) is 72.6 Å². The Morgan fingerprint density at radius 2 is 1.12 bits per heavy atom. The first-order valence-corrected chi connectivity index (χ1v) is 16.1. The highest BCUT2D eigenvalue weighted by Crippen LogP contribution is 2.41. The smallest absolute Gasteiger partial charge is 0.131 e. The first-order chi connectivity index (χ1) is 19.8. The molecular formula is C36H58O5. The van der Waals surface area contributed by atoms with E-state index in [1.165, 1.54) is 33.4 Å². The molecule has 0 radical (unpaired) electrons. The standard InChI is InChI=1S/C32H48O4.C4H10O/c1-7-10-13-33-20-25-16-29(17-26(24(25)4)21-34-14-11-8-2)32(5,6)30-18-27(22-35-15-12-9-3)31-28(19-30)23-36-31;1-2-3-4-5/h16-19H,7-15,20-23H2,1-6H3;5H,2-4H2,1H3. The van der Waals surface area contributed by atoms with Gasteiger partial charge in [-0.15, -0.1) is 0 Å². The molecule has 3 rings (SSSR count). The van der Waals surface area contributed by atoms with E-state index in [1.807, 2.05) is 0 Å². The number of fused-ring (bicyclic) bond motifs is 1. The predicted molar refractivity (Wildman–Crippen MR) is 170 cm³/mol. The Labute approximate surface area is 250 Å². The summed E-state index contributed by atoms with van der Waals surface area (Å²) in [7, 11) is 0. The van der Waals surface area contributed by atoms with Crippen LogP contribution in [0.25, 0.3) is 0 Å². The van der Waals surface area contributed by atoms with Crippen molar-refractivity contribution >= 4 is 0 Å². The molecule has 232 valence electrons. The Bertz CT molecular complexity index is 978. The molecule has 0 amide bonds. The molecule has 2 aromatic carbocycles. The van der Waals surface area contributed by atoms with Crippen molar-refractivity contribution in [3.05, 3.63) is 63.2 Å². The van der Waals surface area contributed by atoms with Crippen LogP contribution in [0.15, 0.2) is 24.3 Å². The number of aliphatic hydroxyl groups is 1. The Morgan fingerprint density at radius 1 is 0.683 bits per heavy atom. The van der Waals surface area contributed by atoms with Gasteiger partial charge in [-0.25, -0.2) is 0 Å². The SMILES string of the molecule is CCCCO.CCCCOCc1cc(C(C)(C)c2cc(COCCCC)c3c(c2)CO3)cc(COCCCC)c1C. The average Bonchev–Trinajstić information content (AvgIpc) is 2.94. The van der Waals surface area contributed by atoms with Gasteiger partial charge in [-0.2, -0.15) is 0 Å².